The molecule has 2 aliphatic rings. The van der Waals surface area contributed by atoms with Gasteiger partial charge in [0.2, 0.25) is 11.4 Å². The first-order chi connectivity index (χ1) is 14.2. The van der Waals surface area contributed by atoms with Crippen molar-refractivity contribution in [1.29, 1.82) is 0 Å². The van der Waals surface area contributed by atoms with Crippen LogP contribution < -0.4 is 5.32 Å². The van der Waals surface area contributed by atoms with E-state index < -0.39 is 34.7 Å². The fourth-order valence-electron chi connectivity index (χ4n) is 3.44. The van der Waals surface area contributed by atoms with E-state index in [9.17, 15) is 19.5 Å². The summed E-state index contributed by atoms with van der Waals surface area (Å²) in [6.07, 6.45) is 9.52. The molecule has 2 aliphatic heterocycles. The van der Waals surface area contributed by atoms with Crippen molar-refractivity contribution in [3.05, 3.63) is 47.1 Å². The minimum atomic E-state index is -1.58. The third-order valence-electron chi connectivity index (χ3n) is 5.02. The van der Waals surface area contributed by atoms with E-state index in [1.165, 1.54) is 6.92 Å². The van der Waals surface area contributed by atoms with Gasteiger partial charge in [-0.2, -0.15) is 0 Å². The van der Waals surface area contributed by atoms with Crippen LogP contribution in [0, 0.1) is 0 Å². The summed E-state index contributed by atoms with van der Waals surface area (Å²) < 4.78 is 10.7. The van der Waals surface area contributed by atoms with Crippen molar-refractivity contribution in [3.8, 4) is 0 Å². The van der Waals surface area contributed by atoms with Gasteiger partial charge in [0.25, 0.3) is 5.91 Å². The van der Waals surface area contributed by atoms with Gasteiger partial charge in [-0.05, 0) is 73.0 Å². The van der Waals surface area contributed by atoms with Crippen LogP contribution in [0.4, 0.5) is 0 Å². The summed E-state index contributed by atoms with van der Waals surface area (Å²) in [5.74, 6) is -1.37. The molecule has 0 aliphatic carbocycles. The third kappa shape index (κ3) is 5.60. The van der Waals surface area contributed by atoms with Gasteiger partial charge in [-0.15, -0.1) is 0 Å². The van der Waals surface area contributed by atoms with Crippen molar-refractivity contribution < 1.29 is 29.0 Å². The molecule has 0 spiro atoms. The first-order valence-corrected chi connectivity index (χ1v) is 10.4. The lowest BCUT2D eigenvalue weighted by atomic mass is 9.93. The molecule has 2 N–H and O–H groups in total. The molecule has 0 aromatic rings. The molecule has 2 heterocycles. The zero-order valence-corrected chi connectivity index (χ0v) is 19.4. The fourth-order valence-corrected chi connectivity index (χ4v) is 3.44. The number of fused-ring (bicyclic) bond motifs is 1. The van der Waals surface area contributed by atoms with Crippen molar-refractivity contribution in [3.63, 3.8) is 0 Å². The Balaban J connectivity index is 1.89. The molecule has 0 aromatic carbocycles. The average molecular weight is 432 g/mol. The first kappa shape index (κ1) is 24.8. The van der Waals surface area contributed by atoms with Crippen LogP contribution >= 0.6 is 0 Å². The molecule has 2 rings (SSSR count). The van der Waals surface area contributed by atoms with E-state index in [4.69, 9.17) is 9.47 Å². The van der Waals surface area contributed by atoms with Crippen LogP contribution in [-0.2, 0) is 23.9 Å². The number of morpholine rings is 1. The van der Waals surface area contributed by atoms with E-state index in [2.05, 4.69) is 5.32 Å². The Hall–Kier alpha value is -2.51. The molecule has 2 saturated heterocycles. The number of Topliss-reactive ketones (excluding diaryl/α,β-unsaturated/α-hetero) is 1. The largest absolute Gasteiger partial charge is 0.456 e. The van der Waals surface area contributed by atoms with E-state index in [1.807, 2.05) is 39.8 Å². The molecule has 170 valence electrons. The van der Waals surface area contributed by atoms with E-state index in [-0.39, 0.29) is 5.97 Å². The number of ether oxygens (including phenoxy) is 2. The molecule has 2 fully saturated rings. The Kier molecular flexibility index (Phi) is 7.13. The summed E-state index contributed by atoms with van der Waals surface area (Å²) in [6, 6.07) is 0. The Morgan fingerprint density at radius 1 is 1.26 bits per heavy atom. The summed E-state index contributed by atoms with van der Waals surface area (Å²) >= 11 is 0. The van der Waals surface area contributed by atoms with Crippen LogP contribution in [0.15, 0.2) is 47.1 Å². The number of amides is 1. The number of epoxide rings is 1. The number of ketones is 1. The summed E-state index contributed by atoms with van der Waals surface area (Å²) in [5, 5.41) is 12.5. The standard InChI is InChI=1S/C24H33NO6/c1-8-17(19(27)30-22(4,5)6)14-15(2)12-10-9-11-13-16(3)18(26)24-20(31-24)23(7,29)25-21(24)28/h8,10,12-14,20,29H,9,11H2,1-7H3,(H,25,28)/b12-10+,15-14+,16-13+,17-8+. The average Bonchev–Trinajstić information content (AvgIpc) is 3.37. The van der Waals surface area contributed by atoms with Gasteiger partial charge in [0.1, 0.15) is 5.60 Å². The molecular weight excluding hydrogens is 398 g/mol. The minimum absolute atomic E-state index is 0.366. The highest BCUT2D eigenvalue weighted by Gasteiger charge is 2.79. The van der Waals surface area contributed by atoms with Gasteiger partial charge in [-0.1, -0.05) is 29.9 Å². The van der Waals surface area contributed by atoms with Crippen LogP contribution in [0.5, 0.6) is 0 Å². The van der Waals surface area contributed by atoms with Crippen LogP contribution in [0.25, 0.3) is 0 Å². The third-order valence-corrected chi connectivity index (χ3v) is 5.02. The Morgan fingerprint density at radius 2 is 1.90 bits per heavy atom. The minimum Gasteiger partial charge on any atom is -0.456 e. The Labute approximate surface area is 183 Å². The second-order valence-electron chi connectivity index (χ2n) is 9.17. The summed E-state index contributed by atoms with van der Waals surface area (Å²) in [6.45, 7) is 12.2. The molecule has 0 aromatic heterocycles. The first-order valence-electron chi connectivity index (χ1n) is 10.4. The Morgan fingerprint density at radius 3 is 2.39 bits per heavy atom. The highest BCUT2D eigenvalue weighted by molar-refractivity contribution is 6.21. The van der Waals surface area contributed by atoms with Gasteiger partial charge in [0.15, 0.2) is 11.8 Å². The van der Waals surface area contributed by atoms with Gasteiger partial charge in [-0.25, -0.2) is 4.79 Å². The van der Waals surface area contributed by atoms with E-state index in [1.54, 1.807) is 32.1 Å². The van der Waals surface area contributed by atoms with Gasteiger partial charge in [0.05, 0.1) is 5.57 Å². The maximum Gasteiger partial charge on any atom is 0.338 e. The molecule has 0 saturated carbocycles. The number of carbonyl (C=O) groups excluding carboxylic acids is 3. The number of aliphatic hydroxyl groups is 1. The van der Waals surface area contributed by atoms with Crippen molar-refractivity contribution in [2.45, 2.75) is 84.3 Å². The van der Waals surface area contributed by atoms with Gasteiger partial charge < -0.3 is 19.9 Å². The molecule has 0 bridgehead atoms. The zero-order chi connectivity index (χ0) is 23.6. The van der Waals surface area contributed by atoms with E-state index >= 15 is 0 Å². The van der Waals surface area contributed by atoms with Crippen molar-refractivity contribution in [1.82, 2.24) is 5.32 Å². The molecule has 31 heavy (non-hydrogen) atoms. The highest BCUT2D eigenvalue weighted by atomic mass is 16.6. The van der Waals surface area contributed by atoms with Crippen LogP contribution in [0.1, 0.15) is 61.3 Å². The second kappa shape index (κ2) is 8.93. The lowest BCUT2D eigenvalue weighted by molar-refractivity contribution is -0.149. The fraction of sp³-hybridized carbons (Fsp3) is 0.542. The van der Waals surface area contributed by atoms with Gasteiger partial charge >= 0.3 is 5.97 Å². The maximum atomic E-state index is 12.7. The van der Waals surface area contributed by atoms with Crippen LogP contribution in [-0.4, -0.2) is 45.8 Å². The number of carbonyl (C=O) groups is 3. The summed E-state index contributed by atoms with van der Waals surface area (Å²) in [4.78, 5) is 36.9. The lowest BCUT2D eigenvalue weighted by Gasteiger charge is -2.19. The maximum absolute atomic E-state index is 12.7. The van der Waals surface area contributed by atoms with Gasteiger partial charge in [0, 0.05) is 0 Å². The molecule has 7 nitrogen and oxygen atoms in total. The number of unbranched alkanes of at least 4 members (excludes halogenated alkanes) is 1. The number of nitrogens with one attached hydrogen (secondary N) is 1. The van der Waals surface area contributed by atoms with E-state index in [0.29, 0.717) is 24.0 Å². The molecule has 3 unspecified atom stereocenters. The molecule has 0 radical (unpaired) electrons. The van der Waals surface area contributed by atoms with Gasteiger partial charge in [-0.3, -0.25) is 9.59 Å². The quantitative estimate of drug-likeness (QED) is 0.153. The van der Waals surface area contributed by atoms with Crippen molar-refractivity contribution in [2.24, 2.45) is 0 Å². The Bertz CT molecular complexity index is 884. The predicted octanol–water partition coefficient (Wildman–Crippen LogP) is 3.05. The summed E-state index contributed by atoms with van der Waals surface area (Å²) in [5.41, 5.74) is -1.84. The van der Waals surface area contributed by atoms with Crippen molar-refractivity contribution >= 4 is 17.7 Å². The molecular formula is C24H33NO6. The number of hydrogen-bond donors (Lipinski definition) is 2. The molecule has 1 amide bonds. The van der Waals surface area contributed by atoms with Crippen LogP contribution in [0.3, 0.4) is 0 Å². The normalized spacial score (nSPS) is 29.1. The van der Waals surface area contributed by atoms with Crippen molar-refractivity contribution in [2.75, 3.05) is 0 Å². The zero-order valence-electron chi connectivity index (χ0n) is 19.4. The van der Waals surface area contributed by atoms with Crippen LogP contribution in [0.2, 0.25) is 0 Å². The highest BCUT2D eigenvalue weighted by Crippen LogP contribution is 2.49. The summed E-state index contributed by atoms with van der Waals surface area (Å²) in [7, 11) is 0. The monoisotopic (exact) mass is 431 g/mol. The molecule has 7 heteroatoms. The topological polar surface area (TPSA) is 105 Å². The lowest BCUT2D eigenvalue weighted by Crippen LogP contribution is -2.45. The second-order valence-corrected chi connectivity index (χ2v) is 9.17. The predicted molar refractivity (Wildman–Crippen MR) is 117 cm³/mol. The SMILES string of the molecule is C\C=C(/C=C(C)/C=C/CC/C=C(\C)C(=O)C12OC1C(C)(O)NC2=O)C(=O)OC(C)(C)C. The van der Waals surface area contributed by atoms with E-state index in [0.717, 1.165) is 5.57 Å². The molecule has 3 atom stereocenters. The number of allylic oxidation sites excluding steroid dienone is 5. The number of esters is 1. The number of hydrogen-bond acceptors (Lipinski definition) is 6. The smallest absolute Gasteiger partial charge is 0.338 e. The number of rotatable bonds is 8.